The fourth-order valence-electron chi connectivity index (χ4n) is 4.55. The van der Waals surface area contributed by atoms with Gasteiger partial charge in [0.15, 0.2) is 4.80 Å². The van der Waals surface area contributed by atoms with E-state index in [1.54, 1.807) is 48.8 Å². The van der Waals surface area contributed by atoms with Gasteiger partial charge in [0.2, 0.25) is 0 Å². The third-order valence-corrected chi connectivity index (χ3v) is 7.91. The third-order valence-electron chi connectivity index (χ3n) is 6.45. The van der Waals surface area contributed by atoms with Gasteiger partial charge >= 0.3 is 5.97 Å². The van der Waals surface area contributed by atoms with Crippen molar-refractivity contribution in [3.63, 3.8) is 0 Å². The first-order valence-electron chi connectivity index (χ1n) is 12.7. The van der Waals surface area contributed by atoms with E-state index in [1.807, 2.05) is 49.4 Å². The van der Waals surface area contributed by atoms with Crippen LogP contribution in [0.5, 0.6) is 5.75 Å². The molecule has 0 N–H and O–H groups in total. The average molecular weight is 594 g/mol. The minimum absolute atomic E-state index is 0.216. The zero-order chi connectivity index (χ0) is 28.4. The fraction of sp³-hybridized carbons (Fsp3) is 0.194. The van der Waals surface area contributed by atoms with Crippen LogP contribution in [0.15, 0.2) is 87.8 Å². The number of carbonyl (C=O) groups excluding carboxylic acids is 1. The van der Waals surface area contributed by atoms with Gasteiger partial charge in [-0.25, -0.2) is 9.79 Å². The number of hydrogen-bond acceptors (Lipinski definition) is 6. The Morgan fingerprint density at radius 1 is 1.05 bits per heavy atom. The second kappa shape index (κ2) is 11.8. The smallest absolute Gasteiger partial charge is 0.338 e. The molecule has 9 heteroatoms. The first-order valence-corrected chi connectivity index (χ1v) is 14.3. The Balaban J connectivity index is 1.62. The summed E-state index contributed by atoms with van der Waals surface area (Å²) in [6.07, 6.45) is 1.75. The molecule has 4 aromatic rings. The predicted octanol–water partition coefficient (Wildman–Crippen LogP) is 5.99. The molecule has 0 aliphatic carbocycles. The molecule has 6 nitrogen and oxygen atoms in total. The molecule has 0 saturated carbocycles. The summed E-state index contributed by atoms with van der Waals surface area (Å²) < 4.78 is 13.5. The number of carbonyl (C=O) groups is 1. The van der Waals surface area contributed by atoms with E-state index in [9.17, 15) is 9.59 Å². The molecule has 0 unspecified atom stereocenters. The van der Waals surface area contributed by atoms with Crippen LogP contribution in [0.2, 0.25) is 10.0 Å². The molecular formula is C31H26Cl2N2O4S. The molecule has 0 amide bonds. The summed E-state index contributed by atoms with van der Waals surface area (Å²) in [4.78, 5) is 32.1. The number of fused-ring (bicyclic) bond motifs is 1. The normalized spacial score (nSPS) is 15.0. The first-order chi connectivity index (χ1) is 19.2. The topological polar surface area (TPSA) is 69.9 Å². The monoisotopic (exact) mass is 592 g/mol. The van der Waals surface area contributed by atoms with Crippen LogP contribution in [-0.4, -0.2) is 17.1 Å². The van der Waals surface area contributed by atoms with Crippen molar-refractivity contribution in [2.24, 2.45) is 4.99 Å². The highest BCUT2D eigenvalue weighted by molar-refractivity contribution is 7.07. The lowest BCUT2D eigenvalue weighted by molar-refractivity contribution is -0.139. The van der Waals surface area contributed by atoms with E-state index in [4.69, 9.17) is 32.7 Å². The van der Waals surface area contributed by atoms with Crippen molar-refractivity contribution < 1.29 is 14.3 Å². The van der Waals surface area contributed by atoms with Gasteiger partial charge in [0.05, 0.1) is 28.5 Å². The standard InChI is InChI=1S/C31H26Cl2N2O4S/c1-4-38-30(37)27-19(3)34-31-35(28(27)21-10-8-18(2)9-11-21)29(36)26(40-31)16-22-15-24(33)12-13-25(22)39-17-20-6-5-7-23(32)14-20/h5-16,28H,4,17H2,1-3H3/b26-16-/t28-/m1/s1. The Bertz CT molecular complexity index is 1810. The van der Waals surface area contributed by atoms with Gasteiger partial charge in [-0.15, -0.1) is 0 Å². The fourth-order valence-corrected chi connectivity index (χ4v) is 5.98. The van der Waals surface area contributed by atoms with Crippen molar-refractivity contribution in [2.75, 3.05) is 6.61 Å². The van der Waals surface area contributed by atoms with Gasteiger partial charge in [-0.3, -0.25) is 9.36 Å². The number of halogens is 2. The van der Waals surface area contributed by atoms with Gasteiger partial charge in [0.25, 0.3) is 5.56 Å². The number of aryl methyl sites for hydroxylation is 1. The Kier molecular flexibility index (Phi) is 8.26. The van der Waals surface area contributed by atoms with E-state index in [-0.39, 0.29) is 12.2 Å². The van der Waals surface area contributed by atoms with E-state index in [0.29, 0.717) is 48.6 Å². The number of esters is 1. The molecule has 1 aliphatic rings. The summed E-state index contributed by atoms with van der Waals surface area (Å²) in [5, 5.41) is 1.13. The van der Waals surface area contributed by atoms with Gasteiger partial charge < -0.3 is 9.47 Å². The van der Waals surface area contributed by atoms with E-state index >= 15 is 0 Å². The van der Waals surface area contributed by atoms with Crippen LogP contribution in [0.3, 0.4) is 0 Å². The molecule has 0 fully saturated rings. The summed E-state index contributed by atoms with van der Waals surface area (Å²) in [5.41, 5.74) is 4.01. The highest BCUT2D eigenvalue weighted by Crippen LogP contribution is 2.31. The predicted molar refractivity (Wildman–Crippen MR) is 159 cm³/mol. The number of nitrogens with zero attached hydrogens (tertiary/aromatic N) is 2. The molecule has 1 atom stereocenters. The lowest BCUT2D eigenvalue weighted by atomic mass is 9.95. The van der Waals surface area contributed by atoms with E-state index in [0.717, 1.165) is 16.7 Å². The molecule has 204 valence electrons. The van der Waals surface area contributed by atoms with Crippen LogP contribution in [0.25, 0.3) is 6.08 Å². The van der Waals surface area contributed by atoms with Gasteiger partial charge in [0, 0.05) is 15.6 Å². The van der Waals surface area contributed by atoms with Crippen molar-refractivity contribution in [1.82, 2.24) is 4.57 Å². The number of benzene rings is 3. The molecule has 40 heavy (non-hydrogen) atoms. The van der Waals surface area contributed by atoms with Gasteiger partial charge in [-0.1, -0.05) is 76.5 Å². The molecule has 0 radical (unpaired) electrons. The number of allylic oxidation sites excluding steroid dienone is 1. The van der Waals surface area contributed by atoms with Crippen LogP contribution >= 0.6 is 34.5 Å². The number of rotatable bonds is 7. The summed E-state index contributed by atoms with van der Waals surface area (Å²) in [6.45, 7) is 6.01. The van der Waals surface area contributed by atoms with Crippen molar-refractivity contribution >= 4 is 46.6 Å². The third kappa shape index (κ3) is 5.77. The molecule has 5 rings (SSSR count). The van der Waals surface area contributed by atoms with Gasteiger partial charge in [0.1, 0.15) is 12.4 Å². The first kappa shape index (κ1) is 27.9. The van der Waals surface area contributed by atoms with Crippen LogP contribution in [0, 0.1) is 6.92 Å². The van der Waals surface area contributed by atoms with Crippen molar-refractivity contribution in [1.29, 1.82) is 0 Å². The zero-order valence-electron chi connectivity index (χ0n) is 22.1. The van der Waals surface area contributed by atoms with E-state index < -0.39 is 12.0 Å². The minimum Gasteiger partial charge on any atom is -0.488 e. The van der Waals surface area contributed by atoms with E-state index in [1.165, 1.54) is 11.3 Å². The lowest BCUT2D eigenvalue weighted by Crippen LogP contribution is -2.39. The van der Waals surface area contributed by atoms with Crippen molar-refractivity contribution in [3.05, 3.63) is 130 Å². The summed E-state index contributed by atoms with van der Waals surface area (Å²) in [5.74, 6) is 0.0730. The maximum atomic E-state index is 13.9. The Labute approximate surface area is 245 Å². The quantitative estimate of drug-likeness (QED) is 0.247. The maximum absolute atomic E-state index is 13.9. The Morgan fingerprint density at radius 3 is 2.52 bits per heavy atom. The van der Waals surface area contributed by atoms with Gasteiger partial charge in [-0.2, -0.15) is 0 Å². The lowest BCUT2D eigenvalue weighted by Gasteiger charge is -2.24. The Hall–Kier alpha value is -3.65. The van der Waals surface area contributed by atoms with Crippen LogP contribution < -0.4 is 19.6 Å². The second-order valence-corrected chi connectivity index (χ2v) is 11.2. The highest BCUT2D eigenvalue weighted by Gasteiger charge is 2.33. The number of hydrogen-bond donors (Lipinski definition) is 0. The Morgan fingerprint density at radius 2 is 1.80 bits per heavy atom. The molecule has 1 aliphatic heterocycles. The largest absolute Gasteiger partial charge is 0.488 e. The van der Waals surface area contributed by atoms with Crippen LogP contribution in [0.4, 0.5) is 0 Å². The van der Waals surface area contributed by atoms with Crippen LogP contribution in [0.1, 0.15) is 42.1 Å². The SMILES string of the molecule is CCOC(=O)C1=C(C)N=c2s/c(=C\c3cc(Cl)ccc3OCc3cccc(Cl)c3)c(=O)n2[C@@H]1c1ccc(C)cc1. The molecule has 2 heterocycles. The summed E-state index contributed by atoms with van der Waals surface area (Å²) >= 11 is 13.7. The zero-order valence-corrected chi connectivity index (χ0v) is 24.4. The molecule has 0 bridgehead atoms. The summed E-state index contributed by atoms with van der Waals surface area (Å²) in [7, 11) is 0. The van der Waals surface area contributed by atoms with Gasteiger partial charge in [-0.05, 0) is 68.3 Å². The molecule has 0 saturated heterocycles. The van der Waals surface area contributed by atoms with Crippen LogP contribution in [-0.2, 0) is 16.1 Å². The minimum atomic E-state index is -0.670. The number of ether oxygens (including phenoxy) is 2. The maximum Gasteiger partial charge on any atom is 0.338 e. The van der Waals surface area contributed by atoms with Crippen molar-refractivity contribution in [3.8, 4) is 5.75 Å². The average Bonchev–Trinajstić information content (AvgIpc) is 3.22. The second-order valence-electron chi connectivity index (χ2n) is 9.31. The van der Waals surface area contributed by atoms with E-state index in [2.05, 4.69) is 4.99 Å². The highest BCUT2D eigenvalue weighted by atomic mass is 35.5. The van der Waals surface area contributed by atoms with Crippen molar-refractivity contribution in [2.45, 2.75) is 33.4 Å². The summed E-state index contributed by atoms with van der Waals surface area (Å²) in [6, 6.07) is 19.8. The molecule has 1 aromatic heterocycles. The number of thiazole rings is 1. The molecular weight excluding hydrogens is 567 g/mol. The number of aromatic nitrogens is 1. The molecule has 3 aromatic carbocycles. The molecule has 0 spiro atoms.